The fraction of sp³-hybridized carbons (Fsp3) is 0.900. The topological polar surface area (TPSA) is 60.4 Å². The van der Waals surface area contributed by atoms with Crippen LogP contribution in [0.5, 0.6) is 0 Å². The van der Waals surface area contributed by atoms with E-state index in [0.717, 1.165) is 71.2 Å². The zero-order chi connectivity index (χ0) is 19.1. The predicted molar refractivity (Wildman–Crippen MR) is 123 cm³/mol. The van der Waals surface area contributed by atoms with Crippen LogP contribution < -0.4 is 5.32 Å². The van der Waals surface area contributed by atoms with E-state index in [1.54, 1.807) is 0 Å². The zero-order valence-corrected chi connectivity index (χ0v) is 19.9. The molecule has 2 atom stereocenters. The maximum Gasteiger partial charge on any atom is 0.251 e. The molecule has 0 spiro atoms. The standard InChI is InChI=1S/C20H37N5O2.HI/c1-3-21-20(22-15-17-7-5-9-23(4-2)16-17)25-12-10-24(11-13-25)19(26)18-8-6-14-27-18;/h17-18H,3-16H2,1-2H3,(H,21,22);1H. The van der Waals surface area contributed by atoms with Crippen LogP contribution in [0, 0.1) is 5.92 Å². The molecule has 0 aromatic heterocycles. The number of hydrogen-bond acceptors (Lipinski definition) is 4. The first-order valence-electron chi connectivity index (χ1n) is 10.9. The summed E-state index contributed by atoms with van der Waals surface area (Å²) in [5, 5.41) is 3.45. The molecule has 1 N–H and O–H groups in total. The minimum Gasteiger partial charge on any atom is -0.368 e. The lowest BCUT2D eigenvalue weighted by Crippen LogP contribution is -2.55. The summed E-state index contributed by atoms with van der Waals surface area (Å²) < 4.78 is 5.56. The van der Waals surface area contributed by atoms with Gasteiger partial charge in [-0.1, -0.05) is 6.92 Å². The van der Waals surface area contributed by atoms with Crippen molar-refractivity contribution >= 4 is 35.8 Å². The zero-order valence-electron chi connectivity index (χ0n) is 17.6. The minimum atomic E-state index is -0.203. The molecule has 0 aliphatic carbocycles. The molecule has 28 heavy (non-hydrogen) atoms. The van der Waals surface area contributed by atoms with Gasteiger partial charge >= 0.3 is 0 Å². The van der Waals surface area contributed by atoms with Gasteiger partial charge in [0, 0.05) is 52.4 Å². The van der Waals surface area contributed by atoms with Crippen LogP contribution in [-0.2, 0) is 9.53 Å². The van der Waals surface area contributed by atoms with Gasteiger partial charge in [-0.05, 0) is 51.6 Å². The lowest BCUT2D eigenvalue weighted by atomic mass is 9.98. The van der Waals surface area contributed by atoms with Crippen LogP contribution in [0.15, 0.2) is 4.99 Å². The van der Waals surface area contributed by atoms with Gasteiger partial charge in [-0.2, -0.15) is 0 Å². The first kappa shape index (κ1) is 23.7. The molecule has 3 aliphatic heterocycles. The Kier molecular flexibility index (Phi) is 10.3. The molecule has 0 bridgehead atoms. The highest BCUT2D eigenvalue weighted by atomic mass is 127. The Labute approximate surface area is 187 Å². The molecule has 0 aromatic rings. The van der Waals surface area contributed by atoms with E-state index in [9.17, 15) is 4.79 Å². The fourth-order valence-electron chi connectivity index (χ4n) is 4.34. The fourth-order valence-corrected chi connectivity index (χ4v) is 4.34. The van der Waals surface area contributed by atoms with Gasteiger partial charge in [0.25, 0.3) is 5.91 Å². The number of carbonyl (C=O) groups is 1. The van der Waals surface area contributed by atoms with E-state index in [4.69, 9.17) is 9.73 Å². The number of carbonyl (C=O) groups excluding carboxylic acids is 1. The Morgan fingerprint density at radius 1 is 1.07 bits per heavy atom. The maximum absolute atomic E-state index is 12.5. The first-order valence-corrected chi connectivity index (χ1v) is 10.9. The highest BCUT2D eigenvalue weighted by Gasteiger charge is 2.31. The molecular weight excluding hydrogens is 469 g/mol. The normalized spacial score (nSPS) is 26.9. The maximum atomic E-state index is 12.5. The van der Waals surface area contributed by atoms with Crippen LogP contribution in [-0.4, -0.2) is 98.2 Å². The first-order chi connectivity index (χ1) is 13.2. The van der Waals surface area contributed by atoms with E-state index in [1.807, 2.05) is 4.90 Å². The van der Waals surface area contributed by atoms with Crippen LogP contribution in [0.4, 0.5) is 0 Å². The molecule has 0 saturated carbocycles. The highest BCUT2D eigenvalue weighted by molar-refractivity contribution is 14.0. The third-order valence-electron chi connectivity index (χ3n) is 5.98. The summed E-state index contributed by atoms with van der Waals surface area (Å²) in [6, 6.07) is 0. The largest absolute Gasteiger partial charge is 0.368 e. The monoisotopic (exact) mass is 507 g/mol. The van der Waals surface area contributed by atoms with Gasteiger partial charge in [0.05, 0.1) is 0 Å². The van der Waals surface area contributed by atoms with E-state index >= 15 is 0 Å². The number of nitrogens with zero attached hydrogens (tertiary/aromatic N) is 4. The average molecular weight is 507 g/mol. The second-order valence-electron chi connectivity index (χ2n) is 7.91. The number of amides is 1. The Bertz CT molecular complexity index is 505. The summed E-state index contributed by atoms with van der Waals surface area (Å²) in [5.74, 6) is 1.85. The smallest absolute Gasteiger partial charge is 0.251 e. The van der Waals surface area contributed by atoms with Gasteiger partial charge < -0.3 is 24.8 Å². The second-order valence-corrected chi connectivity index (χ2v) is 7.91. The van der Waals surface area contributed by atoms with Crippen molar-refractivity contribution < 1.29 is 9.53 Å². The van der Waals surface area contributed by atoms with Crippen molar-refractivity contribution in [3.05, 3.63) is 0 Å². The number of piperazine rings is 1. The summed E-state index contributed by atoms with van der Waals surface area (Å²) in [6.07, 6.45) is 4.24. The molecule has 3 heterocycles. The number of guanidine groups is 1. The molecule has 7 nitrogen and oxygen atoms in total. The third kappa shape index (κ3) is 6.45. The molecular formula is C20H38IN5O2. The van der Waals surface area contributed by atoms with Crippen molar-refractivity contribution in [1.29, 1.82) is 0 Å². The number of aliphatic imine (C=N–C) groups is 1. The second kappa shape index (κ2) is 12.2. The van der Waals surface area contributed by atoms with Gasteiger partial charge in [0.1, 0.15) is 6.10 Å². The number of piperidine rings is 1. The van der Waals surface area contributed by atoms with Crippen molar-refractivity contribution in [1.82, 2.24) is 20.0 Å². The molecule has 1 amide bonds. The number of ether oxygens (including phenoxy) is 1. The lowest BCUT2D eigenvalue weighted by molar-refractivity contribution is -0.142. The average Bonchev–Trinajstić information content (AvgIpc) is 3.26. The van der Waals surface area contributed by atoms with Crippen LogP contribution in [0.3, 0.4) is 0 Å². The molecule has 2 unspecified atom stereocenters. The summed E-state index contributed by atoms with van der Waals surface area (Å²) in [7, 11) is 0. The predicted octanol–water partition coefficient (Wildman–Crippen LogP) is 1.63. The van der Waals surface area contributed by atoms with Gasteiger partial charge in [0.2, 0.25) is 0 Å². The molecule has 3 saturated heterocycles. The number of nitrogens with one attached hydrogen (secondary N) is 1. The molecule has 3 rings (SSSR count). The van der Waals surface area contributed by atoms with Crippen molar-refractivity contribution in [2.75, 3.05) is 65.5 Å². The molecule has 0 radical (unpaired) electrons. The van der Waals surface area contributed by atoms with E-state index in [2.05, 4.69) is 29.0 Å². The Morgan fingerprint density at radius 3 is 2.46 bits per heavy atom. The molecule has 0 aromatic carbocycles. The van der Waals surface area contributed by atoms with Crippen molar-refractivity contribution in [3.63, 3.8) is 0 Å². The van der Waals surface area contributed by atoms with Crippen LogP contribution in [0.25, 0.3) is 0 Å². The third-order valence-corrected chi connectivity index (χ3v) is 5.98. The molecule has 8 heteroatoms. The molecule has 162 valence electrons. The SMILES string of the molecule is CCNC(=NCC1CCCN(CC)C1)N1CCN(C(=O)C2CCCO2)CC1.I. The highest BCUT2D eigenvalue weighted by Crippen LogP contribution is 2.18. The van der Waals surface area contributed by atoms with Crippen molar-refractivity contribution in [2.45, 2.75) is 45.6 Å². The van der Waals surface area contributed by atoms with Gasteiger partial charge in [-0.15, -0.1) is 24.0 Å². The number of hydrogen-bond donors (Lipinski definition) is 1. The van der Waals surface area contributed by atoms with Gasteiger partial charge in [-0.3, -0.25) is 9.79 Å². The van der Waals surface area contributed by atoms with Gasteiger partial charge in [0.15, 0.2) is 5.96 Å². The van der Waals surface area contributed by atoms with Crippen molar-refractivity contribution in [3.8, 4) is 0 Å². The summed E-state index contributed by atoms with van der Waals surface area (Å²) in [5.41, 5.74) is 0. The number of likely N-dealkylation sites (tertiary alicyclic amines) is 1. The Balaban J connectivity index is 0.00000280. The molecule has 3 fully saturated rings. The summed E-state index contributed by atoms with van der Waals surface area (Å²) in [4.78, 5) is 24.3. The molecule has 3 aliphatic rings. The lowest BCUT2D eigenvalue weighted by Gasteiger charge is -2.37. The van der Waals surface area contributed by atoms with E-state index < -0.39 is 0 Å². The number of halogens is 1. The van der Waals surface area contributed by atoms with Crippen LogP contribution >= 0.6 is 24.0 Å². The Hall–Kier alpha value is -0.610. The summed E-state index contributed by atoms with van der Waals surface area (Å²) in [6.45, 7) is 13.6. The summed E-state index contributed by atoms with van der Waals surface area (Å²) >= 11 is 0. The van der Waals surface area contributed by atoms with Crippen LogP contribution in [0.1, 0.15) is 39.5 Å². The minimum absolute atomic E-state index is 0. The van der Waals surface area contributed by atoms with E-state index in [-0.39, 0.29) is 36.0 Å². The van der Waals surface area contributed by atoms with E-state index in [0.29, 0.717) is 5.92 Å². The Morgan fingerprint density at radius 2 is 1.82 bits per heavy atom. The van der Waals surface area contributed by atoms with Gasteiger partial charge in [-0.25, -0.2) is 0 Å². The van der Waals surface area contributed by atoms with E-state index in [1.165, 1.54) is 25.9 Å². The number of rotatable bonds is 5. The van der Waals surface area contributed by atoms with Crippen LogP contribution in [0.2, 0.25) is 0 Å². The van der Waals surface area contributed by atoms with Crippen molar-refractivity contribution in [2.24, 2.45) is 10.9 Å². The quantitative estimate of drug-likeness (QED) is 0.348.